The average molecular weight is 584 g/mol. The second kappa shape index (κ2) is 11.5. The third-order valence-electron chi connectivity index (χ3n) is 6.89. The Labute approximate surface area is 236 Å². The van der Waals surface area contributed by atoms with Crippen molar-refractivity contribution in [2.45, 2.75) is 32.0 Å². The molecular formula is C29H25F4N5O4. The van der Waals surface area contributed by atoms with Gasteiger partial charge in [0, 0.05) is 24.0 Å². The number of carboxylic acid groups (broad SMARTS) is 1. The number of aromatic carboxylic acids is 1. The Kier molecular flexibility index (Phi) is 7.83. The van der Waals surface area contributed by atoms with Crippen LogP contribution < -0.4 is 15.5 Å². The largest absolute Gasteiger partial charge is 0.478 e. The van der Waals surface area contributed by atoms with E-state index in [2.05, 4.69) is 15.7 Å². The van der Waals surface area contributed by atoms with Gasteiger partial charge in [0.05, 0.1) is 28.1 Å². The van der Waals surface area contributed by atoms with Crippen molar-refractivity contribution in [3.8, 4) is 0 Å². The van der Waals surface area contributed by atoms with E-state index in [1.807, 2.05) is 4.90 Å². The predicted molar refractivity (Wildman–Crippen MR) is 148 cm³/mol. The lowest BCUT2D eigenvalue weighted by molar-refractivity contribution is -0.141. The Hall–Kier alpha value is -4.94. The van der Waals surface area contributed by atoms with Crippen LogP contribution in [-0.4, -0.2) is 51.9 Å². The van der Waals surface area contributed by atoms with Gasteiger partial charge in [-0.2, -0.15) is 18.3 Å². The molecule has 0 radical (unpaired) electrons. The summed E-state index contributed by atoms with van der Waals surface area (Å²) in [5.41, 5.74) is -0.300. The van der Waals surface area contributed by atoms with Gasteiger partial charge in [-0.05, 0) is 55.7 Å². The molecule has 0 unspecified atom stereocenters. The van der Waals surface area contributed by atoms with Crippen molar-refractivity contribution in [2.24, 2.45) is 0 Å². The number of alkyl halides is 3. The number of anilines is 3. The minimum Gasteiger partial charge on any atom is -0.478 e. The molecule has 5 rings (SSSR count). The molecule has 1 aliphatic heterocycles. The van der Waals surface area contributed by atoms with Crippen LogP contribution in [0.1, 0.15) is 50.5 Å². The van der Waals surface area contributed by atoms with Crippen LogP contribution >= 0.6 is 0 Å². The zero-order valence-corrected chi connectivity index (χ0v) is 22.0. The van der Waals surface area contributed by atoms with E-state index in [1.54, 1.807) is 18.2 Å². The van der Waals surface area contributed by atoms with Gasteiger partial charge in [0.1, 0.15) is 12.4 Å². The topological polar surface area (TPSA) is 117 Å². The smallest absolute Gasteiger partial charge is 0.408 e. The van der Waals surface area contributed by atoms with Gasteiger partial charge < -0.3 is 20.6 Å². The maximum Gasteiger partial charge on any atom is 0.408 e. The summed E-state index contributed by atoms with van der Waals surface area (Å²) >= 11 is 0. The number of para-hydroxylation sites is 2. The Morgan fingerprint density at radius 1 is 0.905 bits per heavy atom. The van der Waals surface area contributed by atoms with Crippen LogP contribution in [0.3, 0.4) is 0 Å². The quantitative estimate of drug-likeness (QED) is 0.232. The lowest BCUT2D eigenvalue weighted by Gasteiger charge is -2.30. The summed E-state index contributed by atoms with van der Waals surface area (Å²) in [6.45, 7) is -0.0344. The highest BCUT2D eigenvalue weighted by molar-refractivity contribution is 6.13. The number of carbonyl (C=O) groups excluding carboxylic acids is 2. The Morgan fingerprint density at radius 2 is 1.64 bits per heavy atom. The van der Waals surface area contributed by atoms with Gasteiger partial charge in [-0.3, -0.25) is 14.3 Å². The zero-order chi connectivity index (χ0) is 30.0. The maximum atomic E-state index is 14.4. The van der Waals surface area contributed by atoms with Crippen molar-refractivity contribution < 1.29 is 37.1 Å². The normalized spacial score (nSPS) is 13.7. The first-order chi connectivity index (χ1) is 20.0. The third-order valence-corrected chi connectivity index (χ3v) is 6.89. The van der Waals surface area contributed by atoms with E-state index in [9.17, 15) is 37.1 Å². The fourth-order valence-corrected chi connectivity index (χ4v) is 4.97. The molecule has 3 aromatic carbocycles. The molecule has 2 amide bonds. The lowest BCUT2D eigenvalue weighted by atomic mass is 10.1. The van der Waals surface area contributed by atoms with Crippen LogP contribution in [0, 0.1) is 5.82 Å². The molecule has 0 bridgehead atoms. The molecule has 1 saturated heterocycles. The van der Waals surface area contributed by atoms with Gasteiger partial charge in [0.2, 0.25) is 0 Å². The fourth-order valence-electron chi connectivity index (χ4n) is 4.97. The zero-order valence-electron chi connectivity index (χ0n) is 22.0. The minimum absolute atomic E-state index is 0.0156. The monoisotopic (exact) mass is 583 g/mol. The van der Waals surface area contributed by atoms with E-state index < -0.39 is 47.6 Å². The molecule has 3 N–H and O–H groups in total. The van der Waals surface area contributed by atoms with E-state index in [1.165, 1.54) is 30.3 Å². The first kappa shape index (κ1) is 28.6. The highest BCUT2D eigenvalue weighted by atomic mass is 19.4. The van der Waals surface area contributed by atoms with E-state index in [0.29, 0.717) is 23.5 Å². The summed E-state index contributed by atoms with van der Waals surface area (Å²) in [6, 6.07) is 13.8. The van der Waals surface area contributed by atoms with Gasteiger partial charge in [0.15, 0.2) is 5.69 Å². The lowest BCUT2D eigenvalue weighted by Crippen LogP contribution is -2.30. The van der Waals surface area contributed by atoms with E-state index in [-0.39, 0.29) is 27.8 Å². The van der Waals surface area contributed by atoms with E-state index >= 15 is 0 Å². The van der Waals surface area contributed by atoms with Gasteiger partial charge >= 0.3 is 12.1 Å². The summed E-state index contributed by atoms with van der Waals surface area (Å²) in [7, 11) is 0. The summed E-state index contributed by atoms with van der Waals surface area (Å²) in [5.74, 6) is -3.99. The molecule has 1 aliphatic rings. The van der Waals surface area contributed by atoms with E-state index in [4.69, 9.17) is 0 Å². The SMILES string of the molecule is O=C(Nc1c(F)cccc1C(=O)O)c1ccc(N2CCCCC2)c(NC(=O)c2nn(CC(F)(F)F)c3ccccc23)c1. The minimum atomic E-state index is -4.57. The molecular weight excluding hydrogens is 558 g/mol. The molecule has 42 heavy (non-hydrogen) atoms. The first-order valence-electron chi connectivity index (χ1n) is 13.1. The molecule has 0 spiro atoms. The number of carbonyl (C=O) groups is 3. The van der Waals surface area contributed by atoms with Crippen molar-refractivity contribution in [2.75, 3.05) is 28.6 Å². The Balaban J connectivity index is 1.51. The third kappa shape index (κ3) is 6.04. The highest BCUT2D eigenvalue weighted by Gasteiger charge is 2.31. The number of aromatic nitrogens is 2. The molecule has 0 saturated carbocycles. The van der Waals surface area contributed by atoms with Crippen molar-refractivity contribution in [1.29, 1.82) is 0 Å². The number of halogens is 4. The molecule has 0 atom stereocenters. The summed E-state index contributed by atoms with van der Waals surface area (Å²) < 4.78 is 54.7. The van der Waals surface area contributed by atoms with Crippen molar-refractivity contribution >= 4 is 45.7 Å². The number of rotatable bonds is 7. The number of nitrogens with zero attached hydrogens (tertiary/aromatic N) is 3. The number of hydrogen-bond acceptors (Lipinski definition) is 5. The number of nitrogens with one attached hydrogen (secondary N) is 2. The van der Waals surface area contributed by atoms with Gasteiger partial charge in [-0.1, -0.05) is 24.3 Å². The van der Waals surface area contributed by atoms with Crippen molar-refractivity contribution in [3.63, 3.8) is 0 Å². The predicted octanol–water partition coefficient (Wildman–Crippen LogP) is 5.93. The van der Waals surface area contributed by atoms with Crippen LogP contribution in [-0.2, 0) is 6.54 Å². The van der Waals surface area contributed by atoms with Crippen LogP contribution in [0.4, 0.5) is 34.6 Å². The molecule has 13 heteroatoms. The number of piperidine rings is 1. The number of benzene rings is 3. The number of hydrogen-bond donors (Lipinski definition) is 3. The molecule has 218 valence electrons. The number of amides is 2. The molecule has 1 fully saturated rings. The van der Waals surface area contributed by atoms with Crippen LogP contribution in [0.5, 0.6) is 0 Å². The molecule has 0 aliphatic carbocycles. The fraction of sp³-hybridized carbons (Fsp3) is 0.241. The first-order valence-corrected chi connectivity index (χ1v) is 13.1. The Morgan fingerprint density at radius 3 is 2.36 bits per heavy atom. The van der Waals surface area contributed by atoms with Gasteiger partial charge in [0.25, 0.3) is 11.8 Å². The second-order valence-corrected chi connectivity index (χ2v) is 9.79. The number of carboxylic acids is 1. The van der Waals surface area contributed by atoms with E-state index in [0.717, 1.165) is 31.4 Å². The van der Waals surface area contributed by atoms with Gasteiger partial charge in [-0.25, -0.2) is 9.18 Å². The van der Waals surface area contributed by atoms with Crippen molar-refractivity contribution in [3.05, 3.63) is 83.3 Å². The summed E-state index contributed by atoms with van der Waals surface area (Å²) in [4.78, 5) is 40.2. The van der Waals surface area contributed by atoms with Crippen LogP contribution in [0.15, 0.2) is 60.7 Å². The van der Waals surface area contributed by atoms with Crippen LogP contribution in [0.2, 0.25) is 0 Å². The second-order valence-electron chi connectivity index (χ2n) is 9.79. The molecule has 4 aromatic rings. The molecule has 2 heterocycles. The highest BCUT2D eigenvalue weighted by Crippen LogP contribution is 2.32. The average Bonchev–Trinajstić information content (AvgIpc) is 3.31. The van der Waals surface area contributed by atoms with Crippen molar-refractivity contribution in [1.82, 2.24) is 9.78 Å². The number of fused-ring (bicyclic) bond motifs is 1. The molecule has 1 aromatic heterocycles. The molecule has 9 nitrogen and oxygen atoms in total. The van der Waals surface area contributed by atoms with Gasteiger partial charge in [-0.15, -0.1) is 0 Å². The summed E-state index contributed by atoms with van der Waals surface area (Å²) in [5, 5.41) is 18.6. The summed E-state index contributed by atoms with van der Waals surface area (Å²) in [6.07, 6.45) is -1.75. The maximum absolute atomic E-state index is 14.4. The Bertz CT molecular complexity index is 1680. The standard InChI is InChI=1S/C29H25F4N5O4/c30-20-9-6-8-19(28(41)42)24(20)35-26(39)17-11-12-23(37-13-4-1-5-14-37)21(15-17)34-27(40)25-18-7-2-3-10-22(18)38(36-25)16-29(31,32)33/h2-3,6-12,15H,1,4-5,13-14,16H2,(H,34,40)(H,35,39)(H,41,42). The van der Waals surface area contributed by atoms with Crippen LogP contribution in [0.25, 0.3) is 10.9 Å².